The Balaban J connectivity index is 0.000000177. The Morgan fingerprint density at radius 3 is 1.76 bits per heavy atom. The molecule has 14 heteroatoms. The number of anilines is 2. The lowest BCUT2D eigenvalue weighted by atomic mass is 9.98. The van der Waals surface area contributed by atoms with Crippen LogP contribution >= 0.6 is 0 Å². The molecular weight excluding hydrogens is 661 g/mol. The minimum Gasteiger partial charge on any atom is -0.356 e. The number of piperidine rings is 2. The summed E-state index contributed by atoms with van der Waals surface area (Å²) in [6.07, 6.45) is 10.5. The van der Waals surface area contributed by atoms with Crippen molar-refractivity contribution in [3.8, 4) is 0 Å². The Bertz CT molecular complexity index is 1810. The molecule has 3 aromatic rings. The van der Waals surface area contributed by atoms with Crippen LogP contribution in [0.1, 0.15) is 67.6 Å². The first-order valence-electron chi connectivity index (χ1n) is 17.4. The predicted molar refractivity (Wildman–Crippen MR) is 193 cm³/mol. The lowest BCUT2D eigenvalue weighted by molar-refractivity contribution is 0.173. The van der Waals surface area contributed by atoms with Crippen LogP contribution < -0.4 is 15.1 Å². The third-order valence-electron chi connectivity index (χ3n) is 10.5. The fraction of sp³-hybridized carbons (Fsp3) is 0.600. The van der Waals surface area contributed by atoms with E-state index in [1.807, 2.05) is 6.07 Å². The van der Waals surface area contributed by atoms with E-state index in [-0.39, 0.29) is 10.5 Å². The van der Waals surface area contributed by atoms with E-state index < -0.39 is 19.7 Å². The van der Waals surface area contributed by atoms with Crippen LogP contribution in [0.2, 0.25) is 0 Å². The zero-order valence-electron chi connectivity index (χ0n) is 29.1. The van der Waals surface area contributed by atoms with E-state index in [0.29, 0.717) is 37.8 Å². The standard InChI is InChI=1S/C21H28N4O2S.C14H22N4O2S/c1-16-12-20-19(14-25(16)13-17-6-4-3-5-7-17)21(23-15-22-20)24-10-8-18(9-11-24)28(2,26)27;1-10-7-13-12(8-15-10)14(17-9-16-13)18-5-3-11(4-6-18)21(2,19)20/h3-7,15-16,18H,8-14H2,1-2H3;9-11,15H,3-8H2,1-2H3/t16-;10-/m11/s1. The van der Waals surface area contributed by atoms with Crippen molar-refractivity contribution in [1.82, 2.24) is 30.2 Å². The summed E-state index contributed by atoms with van der Waals surface area (Å²) < 4.78 is 47.0. The van der Waals surface area contributed by atoms with Gasteiger partial charge in [-0.15, -0.1) is 0 Å². The molecule has 0 spiro atoms. The van der Waals surface area contributed by atoms with E-state index in [9.17, 15) is 16.8 Å². The minimum atomic E-state index is -2.97. The van der Waals surface area contributed by atoms with Crippen LogP contribution in [0.25, 0.3) is 0 Å². The van der Waals surface area contributed by atoms with Gasteiger partial charge in [0.25, 0.3) is 0 Å². The molecule has 1 N–H and O–H groups in total. The number of fused-ring (bicyclic) bond motifs is 2. The van der Waals surface area contributed by atoms with E-state index in [1.54, 1.807) is 12.7 Å². The molecule has 1 aromatic carbocycles. The summed E-state index contributed by atoms with van der Waals surface area (Å²) in [4.78, 5) is 25.0. The van der Waals surface area contributed by atoms with Crippen molar-refractivity contribution >= 4 is 31.3 Å². The molecule has 0 aliphatic carbocycles. The molecule has 0 saturated carbocycles. The molecule has 6 heterocycles. The van der Waals surface area contributed by atoms with Gasteiger partial charge >= 0.3 is 0 Å². The molecule has 4 aliphatic rings. The second-order valence-corrected chi connectivity index (χ2v) is 18.9. The molecule has 0 amide bonds. The van der Waals surface area contributed by atoms with Crippen LogP contribution in [-0.2, 0) is 52.2 Å². The van der Waals surface area contributed by atoms with Crippen molar-refractivity contribution in [2.45, 2.75) is 94.6 Å². The van der Waals surface area contributed by atoms with Gasteiger partial charge in [-0.1, -0.05) is 30.3 Å². The lowest BCUT2D eigenvalue weighted by Crippen LogP contribution is -2.42. The highest BCUT2D eigenvalue weighted by Gasteiger charge is 2.32. The highest BCUT2D eigenvalue weighted by Crippen LogP contribution is 2.32. The molecule has 12 nitrogen and oxygen atoms in total. The van der Waals surface area contributed by atoms with Gasteiger partial charge in [-0.2, -0.15) is 0 Å². The molecule has 0 unspecified atom stereocenters. The van der Waals surface area contributed by atoms with E-state index in [0.717, 1.165) is 81.7 Å². The van der Waals surface area contributed by atoms with Crippen molar-refractivity contribution in [2.75, 3.05) is 48.5 Å². The van der Waals surface area contributed by atoms with E-state index in [2.05, 4.69) is 78.1 Å². The molecule has 2 atom stereocenters. The third kappa shape index (κ3) is 8.58. The van der Waals surface area contributed by atoms with E-state index in [4.69, 9.17) is 0 Å². The predicted octanol–water partition coefficient (Wildman–Crippen LogP) is 2.96. The van der Waals surface area contributed by atoms with Gasteiger partial charge in [0.2, 0.25) is 0 Å². The number of hydrogen-bond donors (Lipinski definition) is 1. The van der Waals surface area contributed by atoms with Gasteiger partial charge in [-0.25, -0.2) is 36.8 Å². The van der Waals surface area contributed by atoms with Crippen molar-refractivity contribution in [3.05, 3.63) is 71.1 Å². The average Bonchev–Trinajstić information content (AvgIpc) is 3.08. The van der Waals surface area contributed by atoms with Crippen LogP contribution in [0.3, 0.4) is 0 Å². The Kier molecular flexibility index (Phi) is 10.9. The van der Waals surface area contributed by atoms with Gasteiger partial charge in [-0.05, 0) is 45.1 Å². The SMILES string of the molecule is C[C@@H]1Cc2ncnc(N3CCC(S(C)(=O)=O)CC3)c2CN1.C[C@@H]1Cc2ncnc(N3CCC(S(C)(=O)=O)CC3)c2CN1Cc1ccccc1. The number of hydrogen-bond acceptors (Lipinski definition) is 12. The van der Waals surface area contributed by atoms with Gasteiger partial charge < -0.3 is 15.1 Å². The smallest absolute Gasteiger partial charge is 0.150 e. The van der Waals surface area contributed by atoms with Gasteiger partial charge in [0.05, 0.1) is 21.9 Å². The van der Waals surface area contributed by atoms with Crippen molar-refractivity contribution in [2.24, 2.45) is 0 Å². The number of benzene rings is 1. The topological polar surface area (TPSA) is 142 Å². The number of nitrogens with zero attached hydrogens (tertiary/aromatic N) is 7. The molecule has 0 bridgehead atoms. The number of nitrogens with one attached hydrogen (secondary N) is 1. The van der Waals surface area contributed by atoms with Crippen LogP contribution in [-0.4, -0.2) is 103 Å². The summed E-state index contributed by atoms with van der Waals surface area (Å²) in [5.41, 5.74) is 5.94. The highest BCUT2D eigenvalue weighted by molar-refractivity contribution is 7.91. The van der Waals surface area contributed by atoms with E-state index in [1.165, 1.54) is 29.2 Å². The number of aromatic nitrogens is 4. The Hall–Kier alpha value is -3.20. The fourth-order valence-corrected chi connectivity index (χ4v) is 9.68. The lowest BCUT2D eigenvalue weighted by Gasteiger charge is -2.38. The summed E-state index contributed by atoms with van der Waals surface area (Å²) in [5, 5.41) is 3.02. The second-order valence-electron chi connectivity index (χ2n) is 14.2. The summed E-state index contributed by atoms with van der Waals surface area (Å²) >= 11 is 0. The Morgan fingerprint density at radius 2 is 1.22 bits per heavy atom. The molecule has 2 aromatic heterocycles. The van der Waals surface area contributed by atoms with Gasteiger partial charge in [0.15, 0.2) is 0 Å². The molecular formula is C35H50N8O4S2. The maximum absolute atomic E-state index is 11.9. The Morgan fingerprint density at radius 1 is 0.714 bits per heavy atom. The van der Waals surface area contributed by atoms with Crippen molar-refractivity contribution < 1.29 is 16.8 Å². The number of rotatable bonds is 6. The molecule has 49 heavy (non-hydrogen) atoms. The summed E-state index contributed by atoms with van der Waals surface area (Å²) in [6.45, 7) is 9.89. The van der Waals surface area contributed by atoms with E-state index >= 15 is 0 Å². The summed E-state index contributed by atoms with van der Waals surface area (Å²) in [7, 11) is -5.90. The third-order valence-corrected chi connectivity index (χ3v) is 13.9. The van der Waals surface area contributed by atoms with Crippen LogP contribution in [0.5, 0.6) is 0 Å². The van der Waals surface area contributed by atoms with Crippen LogP contribution in [0, 0.1) is 0 Å². The van der Waals surface area contributed by atoms with Crippen LogP contribution in [0.4, 0.5) is 11.6 Å². The maximum Gasteiger partial charge on any atom is 0.150 e. The first-order valence-corrected chi connectivity index (χ1v) is 21.3. The Labute approximate surface area is 291 Å². The first kappa shape index (κ1) is 35.6. The molecule has 7 rings (SSSR count). The molecule has 266 valence electrons. The zero-order chi connectivity index (χ0) is 34.8. The second kappa shape index (κ2) is 15.0. The van der Waals surface area contributed by atoms with Gasteiger partial charge in [0, 0.05) is 94.4 Å². The highest BCUT2D eigenvalue weighted by atomic mass is 32.2. The summed E-state index contributed by atoms with van der Waals surface area (Å²) in [5.74, 6) is 1.97. The fourth-order valence-electron chi connectivity index (χ4n) is 7.54. The monoisotopic (exact) mass is 710 g/mol. The molecule has 2 saturated heterocycles. The quantitative estimate of drug-likeness (QED) is 0.402. The normalized spacial score (nSPS) is 22.5. The largest absolute Gasteiger partial charge is 0.356 e. The van der Waals surface area contributed by atoms with Gasteiger partial charge in [0.1, 0.15) is 44.0 Å². The van der Waals surface area contributed by atoms with Crippen molar-refractivity contribution in [1.29, 1.82) is 0 Å². The molecule has 2 fully saturated rings. The minimum absolute atomic E-state index is 0.204. The van der Waals surface area contributed by atoms with Crippen molar-refractivity contribution in [3.63, 3.8) is 0 Å². The van der Waals surface area contributed by atoms with Crippen LogP contribution in [0.15, 0.2) is 43.0 Å². The van der Waals surface area contributed by atoms with Gasteiger partial charge in [-0.3, -0.25) is 4.90 Å². The summed E-state index contributed by atoms with van der Waals surface area (Å²) in [6, 6.07) is 11.4. The molecule has 0 radical (unpaired) electrons. The zero-order valence-corrected chi connectivity index (χ0v) is 30.8. The number of sulfone groups is 2. The first-order chi connectivity index (χ1) is 23.4. The average molecular weight is 711 g/mol. The maximum atomic E-state index is 11.9. The molecule has 4 aliphatic heterocycles.